The maximum atomic E-state index is 11.9. The summed E-state index contributed by atoms with van der Waals surface area (Å²) in [4.78, 5) is 11.0. The summed E-state index contributed by atoms with van der Waals surface area (Å²) in [6.07, 6.45) is -4.43. The number of halogens is 3. The van der Waals surface area contributed by atoms with Crippen LogP contribution in [0.5, 0.6) is 5.88 Å². The maximum absolute atomic E-state index is 11.9. The van der Waals surface area contributed by atoms with E-state index in [4.69, 9.17) is 0 Å². The number of rotatable bonds is 3. The van der Waals surface area contributed by atoms with Gasteiger partial charge in [0.15, 0.2) is 12.3 Å². The summed E-state index contributed by atoms with van der Waals surface area (Å²) in [5.74, 6) is -0.893. The van der Waals surface area contributed by atoms with Crippen LogP contribution < -0.4 is 4.74 Å². The number of aryl methyl sites for hydroxylation is 1. The van der Waals surface area contributed by atoms with Crippen LogP contribution in [0, 0.1) is 0 Å². The van der Waals surface area contributed by atoms with Gasteiger partial charge in [0.25, 0.3) is 0 Å². The van der Waals surface area contributed by atoms with Crippen molar-refractivity contribution in [3.63, 3.8) is 0 Å². The summed E-state index contributed by atoms with van der Waals surface area (Å²) >= 11 is 0. The van der Waals surface area contributed by atoms with Crippen molar-refractivity contribution in [2.45, 2.75) is 6.18 Å². The van der Waals surface area contributed by atoms with E-state index in [1.165, 1.54) is 7.05 Å². The monoisotopic (exact) mass is 238 g/mol. The maximum Gasteiger partial charge on any atom is 0.422 e. The average Bonchev–Trinajstić information content (AvgIpc) is 2.54. The lowest BCUT2D eigenvalue weighted by Gasteiger charge is -2.07. The second-order valence-electron chi connectivity index (χ2n) is 2.89. The zero-order valence-corrected chi connectivity index (χ0v) is 8.54. The van der Waals surface area contributed by atoms with E-state index in [1.54, 1.807) is 0 Å². The predicted octanol–water partition coefficient (Wildman–Crippen LogP) is 1.15. The minimum Gasteiger partial charge on any atom is -0.468 e. The fourth-order valence-electron chi connectivity index (χ4n) is 0.945. The molecule has 0 aliphatic heterocycles. The van der Waals surface area contributed by atoms with Gasteiger partial charge in [0, 0.05) is 13.1 Å². The molecule has 1 heterocycles. The van der Waals surface area contributed by atoms with Gasteiger partial charge in [-0.05, 0) is 0 Å². The minimum atomic E-state index is -4.43. The molecule has 0 aliphatic carbocycles. The van der Waals surface area contributed by atoms with Gasteiger partial charge in [-0.25, -0.2) is 9.48 Å². The Balaban J connectivity index is 2.75. The van der Waals surface area contributed by atoms with Crippen molar-refractivity contribution in [1.29, 1.82) is 0 Å². The number of carbonyl (C=O) groups is 1. The third-order valence-corrected chi connectivity index (χ3v) is 1.62. The number of hydrogen-bond acceptors (Lipinski definition) is 4. The van der Waals surface area contributed by atoms with Crippen LogP contribution in [0.15, 0.2) is 6.07 Å². The molecule has 8 heteroatoms. The molecule has 1 rings (SSSR count). The van der Waals surface area contributed by atoms with Crippen LogP contribution in [0.2, 0.25) is 0 Å². The van der Waals surface area contributed by atoms with Crippen LogP contribution in [0.3, 0.4) is 0 Å². The fourth-order valence-corrected chi connectivity index (χ4v) is 0.945. The van der Waals surface area contributed by atoms with Gasteiger partial charge in [0.1, 0.15) is 0 Å². The van der Waals surface area contributed by atoms with Crippen LogP contribution in [0.4, 0.5) is 13.2 Å². The molecule has 0 unspecified atom stereocenters. The largest absolute Gasteiger partial charge is 0.468 e. The number of aromatic nitrogens is 2. The highest BCUT2D eigenvalue weighted by Gasteiger charge is 2.29. The first kappa shape index (κ1) is 12.3. The van der Waals surface area contributed by atoms with E-state index in [0.29, 0.717) is 0 Å². The van der Waals surface area contributed by atoms with Gasteiger partial charge in [-0.15, -0.1) is 0 Å². The summed E-state index contributed by atoms with van der Waals surface area (Å²) in [6.45, 7) is -1.44. The molecule has 0 amide bonds. The lowest BCUT2D eigenvalue weighted by atomic mass is 10.4. The Bertz CT molecular complexity index is 386. The van der Waals surface area contributed by atoms with E-state index in [2.05, 4.69) is 14.6 Å². The highest BCUT2D eigenvalue weighted by atomic mass is 19.4. The highest BCUT2D eigenvalue weighted by Crippen LogP contribution is 2.19. The zero-order chi connectivity index (χ0) is 12.3. The molecule has 0 aromatic carbocycles. The van der Waals surface area contributed by atoms with E-state index in [0.717, 1.165) is 17.9 Å². The smallest absolute Gasteiger partial charge is 0.422 e. The molecule has 90 valence electrons. The van der Waals surface area contributed by atoms with Crippen LogP contribution >= 0.6 is 0 Å². The number of carbonyl (C=O) groups excluding carboxylic acids is 1. The Morgan fingerprint density at radius 3 is 2.69 bits per heavy atom. The quantitative estimate of drug-likeness (QED) is 0.741. The van der Waals surface area contributed by atoms with E-state index >= 15 is 0 Å². The molecule has 0 atom stereocenters. The van der Waals surface area contributed by atoms with Gasteiger partial charge in [-0.1, -0.05) is 0 Å². The van der Waals surface area contributed by atoms with Crippen molar-refractivity contribution >= 4 is 5.97 Å². The number of ether oxygens (including phenoxy) is 2. The Morgan fingerprint density at radius 1 is 1.56 bits per heavy atom. The van der Waals surface area contributed by atoms with E-state index in [9.17, 15) is 18.0 Å². The van der Waals surface area contributed by atoms with Crippen molar-refractivity contribution < 1.29 is 27.4 Å². The lowest BCUT2D eigenvalue weighted by molar-refractivity contribution is -0.154. The van der Waals surface area contributed by atoms with Crippen molar-refractivity contribution in [3.8, 4) is 5.88 Å². The number of alkyl halides is 3. The topological polar surface area (TPSA) is 53.4 Å². The molecule has 0 N–H and O–H groups in total. The molecule has 0 radical (unpaired) electrons. The summed E-state index contributed by atoms with van der Waals surface area (Å²) < 4.78 is 45.4. The standard InChI is InChI=1S/C8H9F3N2O3/c1-13-6(16-4-8(9,10)11)3-5(12-13)7(14)15-2/h3H,4H2,1-2H3. The van der Waals surface area contributed by atoms with Gasteiger partial charge in [0.2, 0.25) is 5.88 Å². The Kier molecular flexibility index (Phi) is 3.41. The predicted molar refractivity (Wildman–Crippen MR) is 46.1 cm³/mol. The summed E-state index contributed by atoms with van der Waals surface area (Å²) in [6, 6.07) is 1.08. The van der Waals surface area contributed by atoms with Crippen LogP contribution in [0.25, 0.3) is 0 Å². The second kappa shape index (κ2) is 4.42. The first-order chi connectivity index (χ1) is 7.33. The molecule has 5 nitrogen and oxygen atoms in total. The van der Waals surface area contributed by atoms with Gasteiger partial charge >= 0.3 is 12.1 Å². The molecule has 16 heavy (non-hydrogen) atoms. The van der Waals surface area contributed by atoms with Crippen molar-refractivity contribution in [1.82, 2.24) is 9.78 Å². The molecule has 0 bridgehead atoms. The SMILES string of the molecule is COC(=O)c1cc(OCC(F)(F)F)n(C)n1. The average molecular weight is 238 g/mol. The number of hydrogen-bond donors (Lipinski definition) is 0. The van der Waals surface area contributed by atoms with Gasteiger partial charge in [-0.2, -0.15) is 18.3 Å². The van der Waals surface area contributed by atoms with Crippen molar-refractivity contribution in [2.24, 2.45) is 7.05 Å². The Hall–Kier alpha value is -1.73. The second-order valence-corrected chi connectivity index (χ2v) is 2.89. The molecule has 0 saturated carbocycles. The van der Waals surface area contributed by atoms with Crippen molar-refractivity contribution in [2.75, 3.05) is 13.7 Å². The molecule has 0 fully saturated rings. The summed E-state index contributed by atoms with van der Waals surface area (Å²) in [7, 11) is 2.51. The first-order valence-corrected chi connectivity index (χ1v) is 4.15. The van der Waals surface area contributed by atoms with Gasteiger partial charge in [-0.3, -0.25) is 0 Å². The highest BCUT2D eigenvalue weighted by molar-refractivity contribution is 5.87. The Morgan fingerprint density at radius 2 is 2.19 bits per heavy atom. The van der Waals surface area contributed by atoms with E-state index in [-0.39, 0.29) is 11.6 Å². The number of nitrogens with zero attached hydrogens (tertiary/aromatic N) is 2. The number of methoxy groups -OCH3 is 1. The normalized spacial score (nSPS) is 11.3. The van der Waals surface area contributed by atoms with Crippen LogP contribution in [-0.4, -0.2) is 35.6 Å². The van der Waals surface area contributed by atoms with Crippen LogP contribution in [0.1, 0.15) is 10.5 Å². The summed E-state index contributed by atoms with van der Waals surface area (Å²) in [5, 5.41) is 3.63. The van der Waals surface area contributed by atoms with Crippen LogP contribution in [-0.2, 0) is 11.8 Å². The molecule has 1 aromatic rings. The molecular formula is C8H9F3N2O3. The minimum absolute atomic E-state index is 0.109. The lowest BCUT2D eigenvalue weighted by Crippen LogP contribution is -2.20. The molecule has 1 aromatic heterocycles. The van der Waals surface area contributed by atoms with Gasteiger partial charge in [0.05, 0.1) is 7.11 Å². The van der Waals surface area contributed by atoms with Crippen molar-refractivity contribution in [3.05, 3.63) is 11.8 Å². The third-order valence-electron chi connectivity index (χ3n) is 1.62. The van der Waals surface area contributed by atoms with E-state index < -0.39 is 18.8 Å². The fraction of sp³-hybridized carbons (Fsp3) is 0.500. The molecule has 0 aliphatic rings. The first-order valence-electron chi connectivity index (χ1n) is 4.15. The molecule has 0 saturated heterocycles. The molecular weight excluding hydrogens is 229 g/mol. The Labute approximate surface area is 88.7 Å². The molecule has 0 spiro atoms. The third kappa shape index (κ3) is 3.14. The number of esters is 1. The summed E-state index contributed by atoms with van der Waals surface area (Å²) in [5.41, 5.74) is -0.109. The zero-order valence-electron chi connectivity index (χ0n) is 8.54. The van der Waals surface area contributed by atoms with Gasteiger partial charge < -0.3 is 9.47 Å². The van der Waals surface area contributed by atoms with E-state index in [1.807, 2.05) is 0 Å².